The zero-order valence-electron chi connectivity index (χ0n) is 46.9. The maximum atomic E-state index is 12.9. The first-order valence-electron chi connectivity index (χ1n) is 30.6. The van der Waals surface area contributed by atoms with Crippen LogP contribution < -0.4 is 0 Å². The first-order valence-corrected chi connectivity index (χ1v) is 30.6. The lowest BCUT2D eigenvalue weighted by Crippen LogP contribution is -2.30. The third kappa shape index (κ3) is 53.8. The summed E-state index contributed by atoms with van der Waals surface area (Å²) in [6, 6.07) is 0. The van der Waals surface area contributed by atoms with Gasteiger partial charge in [0.15, 0.2) is 6.10 Å². The lowest BCUT2D eigenvalue weighted by Gasteiger charge is -2.18. The minimum atomic E-state index is -0.764. The van der Waals surface area contributed by atoms with E-state index in [-0.39, 0.29) is 31.1 Å². The number of rotatable bonds is 55. The van der Waals surface area contributed by atoms with Gasteiger partial charge in [-0.15, -0.1) is 0 Å². The summed E-state index contributed by atoms with van der Waals surface area (Å²) in [5, 5.41) is 0. The molecule has 0 fully saturated rings. The Balaban J connectivity index is 4.23. The van der Waals surface area contributed by atoms with E-state index in [1.54, 1.807) is 0 Å². The fourth-order valence-electron chi connectivity index (χ4n) is 9.50. The smallest absolute Gasteiger partial charge is 0.306 e. The molecule has 0 aliphatic rings. The van der Waals surface area contributed by atoms with Crippen molar-refractivity contribution in [3.05, 3.63) is 0 Å². The van der Waals surface area contributed by atoms with Gasteiger partial charge in [0.25, 0.3) is 0 Å². The number of ether oxygens (including phenoxy) is 3. The van der Waals surface area contributed by atoms with E-state index in [4.69, 9.17) is 14.2 Å². The number of hydrogen-bond acceptors (Lipinski definition) is 6. The van der Waals surface area contributed by atoms with Crippen LogP contribution in [0.2, 0.25) is 0 Å². The highest BCUT2D eigenvalue weighted by atomic mass is 16.6. The summed E-state index contributed by atoms with van der Waals surface area (Å²) in [6.45, 7) is 13.8. The van der Waals surface area contributed by atoms with Gasteiger partial charge in [0, 0.05) is 19.3 Å². The van der Waals surface area contributed by atoms with Gasteiger partial charge in [-0.05, 0) is 37.0 Å². The van der Waals surface area contributed by atoms with Crippen molar-refractivity contribution in [2.45, 2.75) is 349 Å². The zero-order valence-corrected chi connectivity index (χ0v) is 46.9. The van der Waals surface area contributed by atoms with Crippen LogP contribution in [-0.4, -0.2) is 37.2 Å². The van der Waals surface area contributed by atoms with Gasteiger partial charge in [0.05, 0.1) is 0 Å². The summed E-state index contributed by atoms with van der Waals surface area (Å²) in [6.07, 6.45) is 56.7. The minimum absolute atomic E-state index is 0.0634. The van der Waals surface area contributed by atoms with Crippen LogP contribution in [0.1, 0.15) is 343 Å². The van der Waals surface area contributed by atoms with Crippen molar-refractivity contribution in [2.24, 2.45) is 17.8 Å². The number of hydrogen-bond donors (Lipinski definition) is 0. The molecule has 0 saturated heterocycles. The fourth-order valence-corrected chi connectivity index (χ4v) is 9.50. The Morgan fingerprint density at radius 3 is 0.765 bits per heavy atom. The van der Waals surface area contributed by atoms with E-state index in [1.165, 1.54) is 225 Å². The highest BCUT2D eigenvalue weighted by Crippen LogP contribution is 2.19. The highest BCUT2D eigenvalue weighted by Gasteiger charge is 2.19. The predicted molar refractivity (Wildman–Crippen MR) is 293 cm³/mol. The van der Waals surface area contributed by atoms with Crippen LogP contribution in [0.3, 0.4) is 0 Å². The summed E-state index contributed by atoms with van der Waals surface area (Å²) >= 11 is 0. The average Bonchev–Trinajstić information content (AvgIpc) is 3.31. The van der Waals surface area contributed by atoms with E-state index in [2.05, 4.69) is 41.5 Å². The minimum Gasteiger partial charge on any atom is -0.462 e. The molecule has 1 unspecified atom stereocenters. The zero-order chi connectivity index (χ0) is 49.8. The summed E-state index contributed by atoms with van der Waals surface area (Å²) in [7, 11) is 0. The average molecular weight is 962 g/mol. The standard InChI is InChI=1S/C62H120O6/c1-7-58(6)50-44-38-32-25-21-17-14-15-19-23-27-35-41-47-53-62(65)68-59(55-67-61(64)52-46-40-34-29-28-31-37-43-49-57(4)5)54-66-60(63)51-45-39-33-26-22-18-13-11-9-8-10-12-16-20-24-30-36-42-48-56(2)3/h56-59H,7-55H2,1-6H3/t58?,59-/m1/s1. The van der Waals surface area contributed by atoms with E-state index in [0.29, 0.717) is 19.3 Å². The number of esters is 3. The maximum Gasteiger partial charge on any atom is 0.306 e. The van der Waals surface area contributed by atoms with Gasteiger partial charge in [0.1, 0.15) is 13.2 Å². The molecule has 68 heavy (non-hydrogen) atoms. The Kier molecular flexibility index (Phi) is 52.0. The van der Waals surface area contributed by atoms with Crippen LogP contribution in [0.25, 0.3) is 0 Å². The van der Waals surface area contributed by atoms with Crippen molar-refractivity contribution in [1.29, 1.82) is 0 Å². The summed E-state index contributed by atoms with van der Waals surface area (Å²) in [5.41, 5.74) is 0. The molecular formula is C62H120O6. The molecule has 0 bridgehead atoms. The van der Waals surface area contributed by atoms with Gasteiger partial charge < -0.3 is 14.2 Å². The van der Waals surface area contributed by atoms with Gasteiger partial charge in [-0.25, -0.2) is 0 Å². The normalized spacial score (nSPS) is 12.5. The molecule has 404 valence electrons. The van der Waals surface area contributed by atoms with Gasteiger partial charge in [-0.1, -0.05) is 305 Å². The molecule has 0 N–H and O–H groups in total. The molecular weight excluding hydrogens is 841 g/mol. The molecule has 2 atom stereocenters. The van der Waals surface area contributed by atoms with Crippen LogP contribution in [-0.2, 0) is 28.6 Å². The molecule has 0 rings (SSSR count). The summed E-state index contributed by atoms with van der Waals surface area (Å²) < 4.78 is 16.9. The molecule has 0 radical (unpaired) electrons. The predicted octanol–water partition coefficient (Wildman–Crippen LogP) is 20.3. The molecule has 6 heteroatoms. The molecule has 0 aliphatic heterocycles. The van der Waals surface area contributed by atoms with Crippen molar-refractivity contribution in [1.82, 2.24) is 0 Å². The third-order valence-corrected chi connectivity index (χ3v) is 14.5. The molecule has 0 aromatic rings. The van der Waals surface area contributed by atoms with Crippen LogP contribution in [0.15, 0.2) is 0 Å². The largest absolute Gasteiger partial charge is 0.462 e. The number of carbonyl (C=O) groups excluding carboxylic acids is 3. The SMILES string of the molecule is CCC(C)CCCCCCCCCCCCCCCCC(=O)O[C@H](COC(=O)CCCCCCCCCCCCCCCCCCCCC(C)C)COC(=O)CCCCCCCCCCC(C)C. The maximum absolute atomic E-state index is 12.9. The monoisotopic (exact) mass is 961 g/mol. The number of unbranched alkanes of at least 4 members (excludes halogenated alkanes) is 37. The number of carbonyl (C=O) groups is 3. The van der Waals surface area contributed by atoms with Gasteiger partial charge in [0.2, 0.25) is 0 Å². The molecule has 0 spiro atoms. The second-order valence-electron chi connectivity index (χ2n) is 22.5. The Bertz CT molecular complexity index is 1060. The Hall–Kier alpha value is -1.59. The summed E-state index contributed by atoms with van der Waals surface area (Å²) in [5.74, 6) is 1.71. The third-order valence-electron chi connectivity index (χ3n) is 14.5. The lowest BCUT2D eigenvalue weighted by atomic mass is 9.99. The quantitative estimate of drug-likeness (QED) is 0.0343. The second kappa shape index (κ2) is 53.2. The van der Waals surface area contributed by atoms with Crippen molar-refractivity contribution >= 4 is 17.9 Å². The second-order valence-corrected chi connectivity index (χ2v) is 22.5. The molecule has 0 aromatic heterocycles. The van der Waals surface area contributed by atoms with Gasteiger partial charge in [-0.2, -0.15) is 0 Å². The highest BCUT2D eigenvalue weighted by molar-refractivity contribution is 5.71. The molecule has 0 amide bonds. The summed E-state index contributed by atoms with van der Waals surface area (Å²) in [4.78, 5) is 38.2. The molecule has 0 aliphatic carbocycles. The van der Waals surface area contributed by atoms with Gasteiger partial charge >= 0.3 is 17.9 Å². The Morgan fingerprint density at radius 1 is 0.294 bits per heavy atom. The van der Waals surface area contributed by atoms with Crippen molar-refractivity contribution in [3.63, 3.8) is 0 Å². The molecule has 0 heterocycles. The van der Waals surface area contributed by atoms with Crippen LogP contribution in [0, 0.1) is 17.8 Å². The lowest BCUT2D eigenvalue weighted by molar-refractivity contribution is -0.167. The van der Waals surface area contributed by atoms with E-state index >= 15 is 0 Å². The fraction of sp³-hybridized carbons (Fsp3) is 0.952. The first-order chi connectivity index (χ1) is 33.1. The van der Waals surface area contributed by atoms with Crippen LogP contribution >= 0.6 is 0 Å². The van der Waals surface area contributed by atoms with Crippen molar-refractivity contribution in [2.75, 3.05) is 13.2 Å². The Labute approximate surface area is 425 Å². The van der Waals surface area contributed by atoms with E-state index in [9.17, 15) is 14.4 Å². The van der Waals surface area contributed by atoms with E-state index in [1.807, 2.05) is 0 Å². The van der Waals surface area contributed by atoms with E-state index in [0.717, 1.165) is 75.5 Å². The molecule has 0 saturated carbocycles. The van der Waals surface area contributed by atoms with Crippen LogP contribution in [0.5, 0.6) is 0 Å². The topological polar surface area (TPSA) is 78.9 Å². The molecule has 0 aromatic carbocycles. The van der Waals surface area contributed by atoms with Crippen molar-refractivity contribution < 1.29 is 28.6 Å². The Morgan fingerprint density at radius 2 is 0.515 bits per heavy atom. The van der Waals surface area contributed by atoms with Crippen molar-refractivity contribution in [3.8, 4) is 0 Å². The van der Waals surface area contributed by atoms with Crippen LogP contribution in [0.4, 0.5) is 0 Å². The molecule has 6 nitrogen and oxygen atoms in total. The van der Waals surface area contributed by atoms with E-state index < -0.39 is 6.10 Å². The first kappa shape index (κ1) is 66.4. The van der Waals surface area contributed by atoms with Gasteiger partial charge in [-0.3, -0.25) is 14.4 Å².